The van der Waals surface area contributed by atoms with Crippen molar-refractivity contribution in [3.05, 3.63) is 35.4 Å². The van der Waals surface area contributed by atoms with Crippen LogP contribution in [0.15, 0.2) is 18.2 Å². The van der Waals surface area contributed by atoms with Gasteiger partial charge in [0, 0.05) is 6.07 Å². The van der Waals surface area contributed by atoms with Crippen LogP contribution >= 0.6 is 0 Å². The van der Waals surface area contributed by atoms with Gasteiger partial charge in [-0.2, -0.15) is 5.26 Å². The summed E-state index contributed by atoms with van der Waals surface area (Å²) in [5.74, 6) is 0. The third-order valence-corrected chi connectivity index (χ3v) is 1.79. The van der Waals surface area contributed by atoms with E-state index in [1.54, 1.807) is 6.07 Å². The Labute approximate surface area is 73.6 Å². The number of hydrogen-bond donors (Lipinski definition) is 0. The molecule has 1 rings (SSSR count). The van der Waals surface area contributed by atoms with Gasteiger partial charge in [0.25, 0.3) is 0 Å². The first kappa shape index (κ1) is 8.80. The van der Waals surface area contributed by atoms with E-state index in [-0.39, 0.29) is 5.41 Å². The normalized spacial score (nSPS) is 10.8. The van der Waals surface area contributed by atoms with Crippen LogP contribution in [-0.2, 0) is 5.41 Å². The molecule has 0 N–H and O–H groups in total. The van der Waals surface area contributed by atoms with Crippen LogP contribution in [-0.4, -0.2) is 0 Å². The summed E-state index contributed by atoms with van der Waals surface area (Å²) < 4.78 is 0. The first-order chi connectivity index (χ1) is 5.54. The summed E-state index contributed by atoms with van der Waals surface area (Å²) in [5.41, 5.74) is 1.90. The number of nitrogens with zero attached hydrogens (tertiary/aromatic N) is 1. The largest absolute Gasteiger partial charge is 0.192 e. The van der Waals surface area contributed by atoms with Crippen molar-refractivity contribution in [2.24, 2.45) is 0 Å². The molecule has 1 heteroatoms. The maximum absolute atomic E-state index is 8.65. The van der Waals surface area contributed by atoms with Crippen molar-refractivity contribution in [3.63, 3.8) is 0 Å². The standard InChI is InChI=1S/C11H12N/c1-11(2,3)10-6-4-5-9(7-10)8-12/h4,6-7H,1-3H3. The Morgan fingerprint density at radius 3 is 2.58 bits per heavy atom. The summed E-state index contributed by atoms with van der Waals surface area (Å²) in [6.07, 6.45) is 0. The van der Waals surface area contributed by atoms with Crippen LogP contribution in [0.5, 0.6) is 0 Å². The van der Waals surface area contributed by atoms with E-state index < -0.39 is 0 Å². The minimum atomic E-state index is 0.112. The SMILES string of the molecule is CC(C)(C)c1cc[c]c(C#N)c1. The zero-order chi connectivity index (χ0) is 9.19. The molecule has 0 aliphatic carbocycles. The lowest BCUT2D eigenvalue weighted by Gasteiger charge is -2.18. The number of benzene rings is 1. The van der Waals surface area contributed by atoms with E-state index in [2.05, 4.69) is 32.9 Å². The van der Waals surface area contributed by atoms with E-state index in [1.807, 2.05) is 12.1 Å². The van der Waals surface area contributed by atoms with Crippen molar-refractivity contribution in [2.75, 3.05) is 0 Å². The van der Waals surface area contributed by atoms with Gasteiger partial charge in [0.1, 0.15) is 0 Å². The smallest absolute Gasteiger partial charge is 0.0998 e. The van der Waals surface area contributed by atoms with Gasteiger partial charge < -0.3 is 0 Å². The zero-order valence-corrected chi connectivity index (χ0v) is 7.68. The Balaban J connectivity index is 3.13. The van der Waals surface area contributed by atoms with Gasteiger partial charge in [0.15, 0.2) is 0 Å². The molecule has 0 aromatic heterocycles. The van der Waals surface area contributed by atoms with Crippen molar-refractivity contribution in [1.29, 1.82) is 5.26 Å². The van der Waals surface area contributed by atoms with Gasteiger partial charge in [0.05, 0.1) is 11.6 Å². The van der Waals surface area contributed by atoms with Gasteiger partial charge in [-0.3, -0.25) is 0 Å². The fraction of sp³-hybridized carbons (Fsp3) is 0.364. The number of nitriles is 1. The maximum Gasteiger partial charge on any atom is 0.0998 e. The summed E-state index contributed by atoms with van der Waals surface area (Å²) in [6.45, 7) is 6.39. The van der Waals surface area contributed by atoms with Crippen molar-refractivity contribution < 1.29 is 0 Å². The van der Waals surface area contributed by atoms with Crippen LogP contribution in [0.2, 0.25) is 0 Å². The predicted molar refractivity (Wildman–Crippen MR) is 48.7 cm³/mol. The van der Waals surface area contributed by atoms with Crippen molar-refractivity contribution >= 4 is 0 Å². The molecule has 0 aliphatic heterocycles. The van der Waals surface area contributed by atoms with Gasteiger partial charge in [-0.05, 0) is 17.0 Å². The average molecular weight is 158 g/mol. The first-order valence-electron chi connectivity index (χ1n) is 3.96. The minimum absolute atomic E-state index is 0.112. The van der Waals surface area contributed by atoms with E-state index in [4.69, 9.17) is 5.26 Å². The van der Waals surface area contributed by atoms with Crippen LogP contribution in [0.1, 0.15) is 31.9 Å². The van der Waals surface area contributed by atoms with E-state index in [0.717, 1.165) is 0 Å². The van der Waals surface area contributed by atoms with Gasteiger partial charge in [-0.25, -0.2) is 0 Å². The summed E-state index contributed by atoms with van der Waals surface area (Å²) in [5, 5.41) is 8.65. The van der Waals surface area contributed by atoms with Crippen LogP contribution in [0.3, 0.4) is 0 Å². The van der Waals surface area contributed by atoms with Crippen molar-refractivity contribution in [1.82, 2.24) is 0 Å². The second kappa shape index (κ2) is 2.98. The molecular weight excluding hydrogens is 146 g/mol. The highest BCUT2D eigenvalue weighted by Crippen LogP contribution is 2.22. The third-order valence-electron chi connectivity index (χ3n) is 1.79. The van der Waals surface area contributed by atoms with Gasteiger partial charge in [0.2, 0.25) is 0 Å². The molecule has 1 nitrogen and oxygen atoms in total. The highest BCUT2D eigenvalue weighted by Gasteiger charge is 2.13. The monoisotopic (exact) mass is 158 g/mol. The summed E-state index contributed by atoms with van der Waals surface area (Å²) >= 11 is 0. The van der Waals surface area contributed by atoms with Crippen LogP contribution in [0.25, 0.3) is 0 Å². The molecule has 61 valence electrons. The van der Waals surface area contributed by atoms with E-state index in [1.165, 1.54) is 5.56 Å². The number of rotatable bonds is 0. The quantitative estimate of drug-likeness (QED) is 0.569. The molecule has 1 aromatic rings. The van der Waals surface area contributed by atoms with Crippen LogP contribution in [0, 0.1) is 17.4 Å². The molecule has 0 unspecified atom stereocenters. The Kier molecular flexibility index (Phi) is 2.19. The molecule has 0 amide bonds. The van der Waals surface area contributed by atoms with Gasteiger partial charge in [-0.1, -0.05) is 32.9 Å². The third kappa shape index (κ3) is 1.85. The second-order valence-electron chi connectivity index (χ2n) is 3.85. The summed E-state index contributed by atoms with van der Waals surface area (Å²) in [6, 6.07) is 10.6. The molecule has 0 spiro atoms. The molecular formula is C11H12N. The molecule has 0 saturated heterocycles. The lowest BCUT2D eigenvalue weighted by atomic mass is 9.86. The topological polar surface area (TPSA) is 23.8 Å². The Morgan fingerprint density at radius 2 is 2.08 bits per heavy atom. The predicted octanol–water partition coefficient (Wildman–Crippen LogP) is 2.66. The zero-order valence-electron chi connectivity index (χ0n) is 7.68. The first-order valence-corrected chi connectivity index (χ1v) is 3.96. The molecule has 0 atom stereocenters. The molecule has 1 aromatic carbocycles. The summed E-state index contributed by atoms with van der Waals surface area (Å²) in [7, 11) is 0. The molecule has 0 heterocycles. The molecule has 0 fully saturated rings. The van der Waals surface area contributed by atoms with E-state index >= 15 is 0 Å². The minimum Gasteiger partial charge on any atom is -0.192 e. The van der Waals surface area contributed by atoms with Crippen molar-refractivity contribution in [2.45, 2.75) is 26.2 Å². The molecule has 0 aliphatic rings. The Hall–Kier alpha value is -1.29. The fourth-order valence-electron chi connectivity index (χ4n) is 0.998. The second-order valence-corrected chi connectivity index (χ2v) is 3.85. The van der Waals surface area contributed by atoms with Crippen LogP contribution < -0.4 is 0 Å². The Morgan fingerprint density at radius 1 is 1.42 bits per heavy atom. The lowest BCUT2D eigenvalue weighted by molar-refractivity contribution is 0.590. The average Bonchev–Trinajstić information content (AvgIpc) is 2.03. The number of hydrogen-bond acceptors (Lipinski definition) is 1. The molecule has 0 bridgehead atoms. The summed E-state index contributed by atoms with van der Waals surface area (Å²) in [4.78, 5) is 0. The Bertz CT molecular complexity index is 313. The van der Waals surface area contributed by atoms with Gasteiger partial charge >= 0.3 is 0 Å². The van der Waals surface area contributed by atoms with Crippen molar-refractivity contribution in [3.8, 4) is 6.07 Å². The lowest BCUT2D eigenvalue weighted by Crippen LogP contribution is -2.10. The maximum atomic E-state index is 8.65. The highest BCUT2D eigenvalue weighted by molar-refractivity contribution is 5.34. The highest BCUT2D eigenvalue weighted by atomic mass is 14.2. The fourth-order valence-corrected chi connectivity index (χ4v) is 0.998. The van der Waals surface area contributed by atoms with E-state index in [0.29, 0.717) is 5.56 Å². The van der Waals surface area contributed by atoms with Crippen LogP contribution in [0.4, 0.5) is 0 Å². The van der Waals surface area contributed by atoms with E-state index in [9.17, 15) is 0 Å². The van der Waals surface area contributed by atoms with Gasteiger partial charge in [-0.15, -0.1) is 0 Å². The molecule has 1 radical (unpaired) electrons. The molecule has 12 heavy (non-hydrogen) atoms. The molecule has 0 saturated carbocycles.